The SMILES string of the molecule is C/C=C/[C@@](CCC(=O)OC)(c1ccc(OC)c(OC)c1)C(C)C. The van der Waals surface area contributed by atoms with E-state index in [1.54, 1.807) is 14.2 Å². The van der Waals surface area contributed by atoms with Gasteiger partial charge >= 0.3 is 5.97 Å². The number of ether oxygens (including phenoxy) is 3. The summed E-state index contributed by atoms with van der Waals surface area (Å²) in [5.41, 5.74) is 0.842. The Kier molecular flexibility index (Phi) is 7.14. The number of benzene rings is 1. The van der Waals surface area contributed by atoms with Crippen molar-refractivity contribution in [2.45, 2.75) is 39.0 Å². The monoisotopic (exact) mass is 320 g/mol. The molecule has 0 aliphatic heterocycles. The van der Waals surface area contributed by atoms with Gasteiger partial charge in [-0.2, -0.15) is 0 Å². The lowest BCUT2D eigenvalue weighted by molar-refractivity contribution is -0.141. The van der Waals surface area contributed by atoms with Crippen molar-refractivity contribution in [1.29, 1.82) is 0 Å². The first-order valence-electron chi connectivity index (χ1n) is 7.88. The number of carbonyl (C=O) groups excluding carboxylic acids is 1. The van der Waals surface area contributed by atoms with Crippen molar-refractivity contribution in [3.05, 3.63) is 35.9 Å². The molecule has 1 aromatic carbocycles. The molecule has 0 aromatic heterocycles. The third-order valence-corrected chi connectivity index (χ3v) is 4.39. The maximum absolute atomic E-state index is 11.6. The van der Waals surface area contributed by atoms with Gasteiger partial charge in [-0.1, -0.05) is 32.1 Å². The van der Waals surface area contributed by atoms with E-state index in [1.165, 1.54) is 7.11 Å². The minimum Gasteiger partial charge on any atom is -0.493 e. The first kappa shape index (κ1) is 19.1. The Hall–Kier alpha value is -1.97. The van der Waals surface area contributed by atoms with Gasteiger partial charge in [-0.3, -0.25) is 4.79 Å². The molecular formula is C19H28O4. The molecule has 1 atom stereocenters. The Bertz CT molecular complexity index is 548. The standard InChI is InChI=1S/C19H28O4/c1-7-11-19(14(2)3,12-10-18(20)23-6)15-8-9-16(21-4)17(13-15)22-5/h7-9,11,13-14H,10,12H2,1-6H3/b11-7+/t19-/m0/s1. The van der Waals surface area contributed by atoms with Crippen LogP contribution in [0.15, 0.2) is 30.4 Å². The van der Waals surface area contributed by atoms with Crippen LogP contribution >= 0.6 is 0 Å². The Balaban J connectivity index is 3.35. The molecule has 0 amide bonds. The molecule has 0 radical (unpaired) electrons. The van der Waals surface area contributed by atoms with E-state index in [0.717, 1.165) is 5.56 Å². The Morgan fingerprint density at radius 1 is 1.17 bits per heavy atom. The van der Waals surface area contributed by atoms with Crippen molar-refractivity contribution in [2.24, 2.45) is 5.92 Å². The van der Waals surface area contributed by atoms with Gasteiger partial charge in [0.15, 0.2) is 11.5 Å². The van der Waals surface area contributed by atoms with E-state index in [4.69, 9.17) is 14.2 Å². The summed E-state index contributed by atoms with van der Waals surface area (Å²) in [6, 6.07) is 5.95. The predicted octanol–water partition coefficient (Wildman–Crippen LogP) is 4.13. The summed E-state index contributed by atoms with van der Waals surface area (Å²) in [7, 11) is 4.67. The fourth-order valence-corrected chi connectivity index (χ4v) is 2.97. The molecule has 1 aromatic rings. The fourth-order valence-electron chi connectivity index (χ4n) is 2.97. The molecule has 0 unspecified atom stereocenters. The average Bonchev–Trinajstić information content (AvgIpc) is 2.57. The van der Waals surface area contributed by atoms with Crippen molar-refractivity contribution in [3.8, 4) is 11.5 Å². The van der Waals surface area contributed by atoms with Crippen molar-refractivity contribution in [1.82, 2.24) is 0 Å². The van der Waals surface area contributed by atoms with E-state index >= 15 is 0 Å². The minimum absolute atomic E-state index is 0.194. The Labute approximate surface area is 139 Å². The van der Waals surface area contributed by atoms with E-state index < -0.39 is 0 Å². The van der Waals surface area contributed by atoms with Crippen LogP contribution in [0.25, 0.3) is 0 Å². The third kappa shape index (κ3) is 4.27. The fraction of sp³-hybridized carbons (Fsp3) is 0.526. The summed E-state index contributed by atoms with van der Waals surface area (Å²) in [6.07, 6.45) is 5.25. The maximum atomic E-state index is 11.6. The smallest absolute Gasteiger partial charge is 0.305 e. The highest BCUT2D eigenvalue weighted by atomic mass is 16.5. The first-order chi connectivity index (χ1) is 10.9. The normalized spacial score (nSPS) is 13.9. The Morgan fingerprint density at radius 3 is 2.30 bits per heavy atom. The zero-order valence-corrected chi connectivity index (χ0v) is 15.0. The number of allylic oxidation sites excluding steroid dienone is 2. The van der Waals surface area contributed by atoms with Crippen molar-refractivity contribution in [2.75, 3.05) is 21.3 Å². The Morgan fingerprint density at radius 2 is 1.83 bits per heavy atom. The molecule has 0 fully saturated rings. The minimum atomic E-state index is -0.261. The second-order valence-corrected chi connectivity index (χ2v) is 5.84. The van der Waals surface area contributed by atoms with E-state index in [2.05, 4.69) is 19.9 Å². The molecule has 0 aliphatic carbocycles. The second-order valence-electron chi connectivity index (χ2n) is 5.84. The van der Waals surface area contributed by atoms with Crippen LogP contribution in [0.5, 0.6) is 11.5 Å². The molecule has 128 valence electrons. The van der Waals surface area contributed by atoms with E-state index in [0.29, 0.717) is 30.3 Å². The number of methoxy groups -OCH3 is 3. The summed E-state index contributed by atoms with van der Waals surface area (Å²) < 4.78 is 15.6. The summed E-state index contributed by atoms with van der Waals surface area (Å²) in [6.45, 7) is 6.32. The molecular weight excluding hydrogens is 292 g/mol. The van der Waals surface area contributed by atoms with Crippen LogP contribution in [0.3, 0.4) is 0 Å². The zero-order valence-electron chi connectivity index (χ0n) is 15.0. The lowest BCUT2D eigenvalue weighted by Gasteiger charge is -2.36. The average molecular weight is 320 g/mol. The summed E-state index contributed by atoms with van der Waals surface area (Å²) in [5.74, 6) is 1.50. The first-order valence-corrected chi connectivity index (χ1v) is 7.88. The van der Waals surface area contributed by atoms with Crippen LogP contribution in [0.1, 0.15) is 39.2 Å². The van der Waals surface area contributed by atoms with Gasteiger partial charge in [-0.05, 0) is 37.0 Å². The van der Waals surface area contributed by atoms with Gasteiger partial charge in [0.1, 0.15) is 0 Å². The number of carbonyl (C=O) groups is 1. The molecule has 4 heteroatoms. The van der Waals surface area contributed by atoms with Crippen LogP contribution < -0.4 is 9.47 Å². The van der Waals surface area contributed by atoms with E-state index in [-0.39, 0.29) is 11.4 Å². The topological polar surface area (TPSA) is 44.8 Å². The number of hydrogen-bond donors (Lipinski definition) is 0. The molecule has 23 heavy (non-hydrogen) atoms. The van der Waals surface area contributed by atoms with E-state index in [9.17, 15) is 4.79 Å². The van der Waals surface area contributed by atoms with Crippen LogP contribution in [-0.4, -0.2) is 27.3 Å². The summed E-state index contributed by atoms with van der Waals surface area (Å²) >= 11 is 0. The molecule has 4 nitrogen and oxygen atoms in total. The number of esters is 1. The molecule has 0 N–H and O–H groups in total. The third-order valence-electron chi connectivity index (χ3n) is 4.39. The molecule has 0 bridgehead atoms. The predicted molar refractivity (Wildman–Crippen MR) is 92.1 cm³/mol. The largest absolute Gasteiger partial charge is 0.493 e. The van der Waals surface area contributed by atoms with Crippen LogP contribution in [0.2, 0.25) is 0 Å². The van der Waals surface area contributed by atoms with Gasteiger partial charge in [0.25, 0.3) is 0 Å². The van der Waals surface area contributed by atoms with Crippen molar-refractivity contribution in [3.63, 3.8) is 0 Å². The second kappa shape index (κ2) is 8.61. The molecule has 0 spiro atoms. The maximum Gasteiger partial charge on any atom is 0.305 e. The zero-order chi connectivity index (χ0) is 17.5. The lowest BCUT2D eigenvalue weighted by Crippen LogP contribution is -2.31. The van der Waals surface area contributed by atoms with Gasteiger partial charge in [-0.25, -0.2) is 0 Å². The highest BCUT2D eigenvalue weighted by molar-refractivity contribution is 5.69. The molecule has 0 saturated carbocycles. The summed E-state index contributed by atoms with van der Waals surface area (Å²) in [5, 5.41) is 0. The van der Waals surface area contributed by atoms with Gasteiger partial charge in [0.05, 0.1) is 21.3 Å². The highest BCUT2D eigenvalue weighted by Gasteiger charge is 2.34. The van der Waals surface area contributed by atoms with Gasteiger partial charge < -0.3 is 14.2 Å². The summed E-state index contributed by atoms with van der Waals surface area (Å²) in [4.78, 5) is 11.6. The number of rotatable bonds is 8. The molecule has 1 rings (SSSR count). The van der Waals surface area contributed by atoms with Crippen LogP contribution in [-0.2, 0) is 14.9 Å². The van der Waals surface area contributed by atoms with Crippen molar-refractivity contribution < 1.29 is 19.0 Å². The van der Waals surface area contributed by atoms with Crippen molar-refractivity contribution >= 4 is 5.97 Å². The highest BCUT2D eigenvalue weighted by Crippen LogP contribution is 2.42. The molecule has 0 aliphatic rings. The van der Waals surface area contributed by atoms with E-state index in [1.807, 2.05) is 31.2 Å². The molecule has 0 saturated heterocycles. The van der Waals surface area contributed by atoms with Gasteiger partial charge in [0, 0.05) is 11.8 Å². The van der Waals surface area contributed by atoms with Crippen LogP contribution in [0.4, 0.5) is 0 Å². The van der Waals surface area contributed by atoms with Crippen LogP contribution in [0, 0.1) is 5.92 Å². The molecule has 0 heterocycles. The van der Waals surface area contributed by atoms with Gasteiger partial charge in [0.2, 0.25) is 0 Å². The lowest BCUT2D eigenvalue weighted by atomic mass is 9.68. The van der Waals surface area contributed by atoms with Gasteiger partial charge in [-0.15, -0.1) is 0 Å². The quantitative estimate of drug-likeness (QED) is 0.534. The number of hydrogen-bond acceptors (Lipinski definition) is 4.